The van der Waals surface area contributed by atoms with Gasteiger partial charge in [-0.1, -0.05) is 28.1 Å². The Labute approximate surface area is 173 Å². The van der Waals surface area contributed by atoms with E-state index in [9.17, 15) is 4.39 Å². The molecule has 0 aliphatic heterocycles. The molecule has 0 aliphatic rings. The second-order valence-corrected chi connectivity index (χ2v) is 6.25. The normalized spacial score (nSPS) is 10.9. The number of pyridine rings is 1. The van der Waals surface area contributed by atoms with Gasteiger partial charge in [-0.05, 0) is 42.7 Å². The van der Waals surface area contributed by atoms with Gasteiger partial charge in [-0.3, -0.25) is 9.98 Å². The van der Waals surface area contributed by atoms with Crippen LogP contribution in [0.2, 0.25) is 0 Å². The van der Waals surface area contributed by atoms with Crippen LogP contribution in [0.15, 0.2) is 52.1 Å². The quantitative estimate of drug-likeness (QED) is 0.251. The Bertz CT molecular complexity index is 667. The molecule has 0 bridgehead atoms. The Balaban J connectivity index is 0.00000312. The minimum atomic E-state index is -0.165. The summed E-state index contributed by atoms with van der Waals surface area (Å²) in [6.45, 7) is 1.50. The molecular weight excluding hydrogens is 498 g/mol. The number of guanidine groups is 1. The number of aryl methyl sites for hydroxylation is 1. The van der Waals surface area contributed by atoms with Gasteiger partial charge in [0.2, 0.25) is 0 Å². The standard InChI is InChI=1S/C18H22BrFN4.HI/c1-21-18(24-12-9-16-6-2-3-10-22-16)23-11-4-5-14-7-8-15(19)13-17(14)20;/h2-3,6-8,10,13H,4-5,9,11-12H2,1H3,(H2,21,23,24);1H. The van der Waals surface area contributed by atoms with Gasteiger partial charge in [0.25, 0.3) is 0 Å². The van der Waals surface area contributed by atoms with Crippen LogP contribution in [0.5, 0.6) is 0 Å². The van der Waals surface area contributed by atoms with Crippen LogP contribution in [-0.4, -0.2) is 31.1 Å². The van der Waals surface area contributed by atoms with Crippen LogP contribution in [0.4, 0.5) is 4.39 Å². The summed E-state index contributed by atoms with van der Waals surface area (Å²) >= 11 is 3.27. The van der Waals surface area contributed by atoms with Crippen LogP contribution < -0.4 is 10.6 Å². The molecule has 0 amide bonds. The maximum absolute atomic E-state index is 13.7. The van der Waals surface area contributed by atoms with E-state index in [1.54, 1.807) is 13.2 Å². The number of aliphatic imine (C=N–C) groups is 1. The molecule has 1 aromatic heterocycles. The Morgan fingerprint density at radius 3 is 2.64 bits per heavy atom. The van der Waals surface area contributed by atoms with Crippen LogP contribution in [-0.2, 0) is 12.8 Å². The molecule has 4 nitrogen and oxygen atoms in total. The van der Waals surface area contributed by atoms with Gasteiger partial charge in [0.05, 0.1) is 0 Å². The van der Waals surface area contributed by atoms with Gasteiger partial charge in [0.1, 0.15) is 5.82 Å². The van der Waals surface area contributed by atoms with Crippen LogP contribution >= 0.6 is 39.9 Å². The lowest BCUT2D eigenvalue weighted by Gasteiger charge is -2.12. The molecule has 2 N–H and O–H groups in total. The summed E-state index contributed by atoms with van der Waals surface area (Å²) in [5.41, 5.74) is 1.78. The fourth-order valence-electron chi connectivity index (χ4n) is 2.29. The van der Waals surface area contributed by atoms with Crippen LogP contribution in [0.25, 0.3) is 0 Å². The van der Waals surface area contributed by atoms with Gasteiger partial charge in [-0.2, -0.15) is 0 Å². The van der Waals surface area contributed by atoms with Crippen molar-refractivity contribution in [3.8, 4) is 0 Å². The van der Waals surface area contributed by atoms with Crippen molar-refractivity contribution in [2.45, 2.75) is 19.3 Å². The van der Waals surface area contributed by atoms with Crippen molar-refractivity contribution in [2.75, 3.05) is 20.1 Å². The monoisotopic (exact) mass is 520 g/mol. The molecule has 1 heterocycles. The summed E-state index contributed by atoms with van der Waals surface area (Å²) in [6, 6.07) is 11.1. The smallest absolute Gasteiger partial charge is 0.190 e. The number of aromatic nitrogens is 1. The number of nitrogens with one attached hydrogen (secondary N) is 2. The van der Waals surface area contributed by atoms with Crippen molar-refractivity contribution in [2.24, 2.45) is 4.99 Å². The van der Waals surface area contributed by atoms with Crippen LogP contribution in [0.1, 0.15) is 17.7 Å². The van der Waals surface area contributed by atoms with Crippen LogP contribution in [0.3, 0.4) is 0 Å². The first kappa shape index (κ1) is 21.8. The van der Waals surface area contributed by atoms with E-state index in [4.69, 9.17) is 0 Å². The molecule has 0 fully saturated rings. The first-order chi connectivity index (χ1) is 11.7. The highest BCUT2D eigenvalue weighted by Crippen LogP contribution is 2.16. The summed E-state index contributed by atoms with van der Waals surface area (Å²) in [7, 11) is 1.74. The maximum atomic E-state index is 13.7. The largest absolute Gasteiger partial charge is 0.356 e. The van der Waals surface area contributed by atoms with Gasteiger partial charge in [-0.15, -0.1) is 24.0 Å². The average Bonchev–Trinajstić information content (AvgIpc) is 2.59. The van der Waals surface area contributed by atoms with E-state index in [2.05, 4.69) is 36.5 Å². The number of hydrogen-bond acceptors (Lipinski definition) is 2. The number of halogens is 3. The van der Waals surface area contributed by atoms with E-state index in [1.807, 2.05) is 30.3 Å². The molecule has 25 heavy (non-hydrogen) atoms. The summed E-state index contributed by atoms with van der Waals surface area (Å²) in [5.74, 6) is 0.587. The predicted octanol–water partition coefficient (Wildman–Crippen LogP) is 3.94. The summed E-state index contributed by atoms with van der Waals surface area (Å²) in [6.07, 6.45) is 4.16. The summed E-state index contributed by atoms with van der Waals surface area (Å²) in [5, 5.41) is 6.50. The third-order valence-electron chi connectivity index (χ3n) is 3.55. The number of hydrogen-bond donors (Lipinski definition) is 2. The van der Waals surface area contributed by atoms with E-state index in [0.717, 1.165) is 47.6 Å². The molecule has 0 unspecified atom stereocenters. The van der Waals surface area contributed by atoms with Crippen LogP contribution in [0, 0.1) is 5.82 Å². The number of rotatable bonds is 7. The fraction of sp³-hybridized carbons (Fsp3) is 0.333. The van der Waals surface area contributed by atoms with Gasteiger partial charge >= 0.3 is 0 Å². The van der Waals surface area contributed by atoms with E-state index < -0.39 is 0 Å². The molecule has 1 aromatic carbocycles. The summed E-state index contributed by atoms with van der Waals surface area (Å²) in [4.78, 5) is 8.47. The van der Waals surface area contributed by atoms with Crippen molar-refractivity contribution >= 4 is 45.9 Å². The molecule has 136 valence electrons. The molecule has 7 heteroatoms. The Hall–Kier alpha value is -1.22. The van der Waals surface area contributed by atoms with Crippen molar-refractivity contribution in [1.82, 2.24) is 15.6 Å². The van der Waals surface area contributed by atoms with Crippen molar-refractivity contribution in [1.29, 1.82) is 0 Å². The molecule has 0 radical (unpaired) electrons. The zero-order chi connectivity index (χ0) is 17.2. The van der Waals surface area contributed by atoms with E-state index in [1.165, 1.54) is 6.07 Å². The zero-order valence-electron chi connectivity index (χ0n) is 14.1. The molecule has 0 saturated heterocycles. The third-order valence-corrected chi connectivity index (χ3v) is 4.05. The van der Waals surface area contributed by atoms with Crippen molar-refractivity contribution in [3.05, 3.63) is 64.1 Å². The molecule has 0 spiro atoms. The number of nitrogens with zero attached hydrogens (tertiary/aromatic N) is 2. The van der Waals surface area contributed by atoms with Crippen molar-refractivity contribution < 1.29 is 4.39 Å². The lowest BCUT2D eigenvalue weighted by Crippen LogP contribution is -2.38. The van der Waals surface area contributed by atoms with Gasteiger partial charge in [0, 0.05) is 42.9 Å². The molecular formula is C18H23BrFIN4. The SMILES string of the molecule is CN=C(NCCCc1ccc(Br)cc1F)NCCc1ccccn1.I. The molecule has 0 aliphatic carbocycles. The zero-order valence-corrected chi connectivity index (χ0v) is 18.1. The van der Waals surface area contributed by atoms with E-state index in [-0.39, 0.29) is 29.8 Å². The Morgan fingerprint density at radius 2 is 1.96 bits per heavy atom. The number of benzene rings is 1. The predicted molar refractivity (Wildman–Crippen MR) is 115 cm³/mol. The minimum Gasteiger partial charge on any atom is -0.356 e. The molecule has 0 saturated carbocycles. The molecule has 2 rings (SSSR count). The fourth-order valence-corrected chi connectivity index (χ4v) is 2.62. The lowest BCUT2D eigenvalue weighted by molar-refractivity contribution is 0.602. The second-order valence-electron chi connectivity index (χ2n) is 5.34. The highest BCUT2D eigenvalue weighted by Gasteiger charge is 2.03. The van der Waals surface area contributed by atoms with E-state index >= 15 is 0 Å². The van der Waals surface area contributed by atoms with Gasteiger partial charge in [-0.25, -0.2) is 4.39 Å². The first-order valence-electron chi connectivity index (χ1n) is 7.97. The molecule has 2 aromatic rings. The Kier molecular flexibility index (Phi) is 10.6. The maximum Gasteiger partial charge on any atom is 0.190 e. The summed E-state index contributed by atoms with van der Waals surface area (Å²) < 4.78 is 14.5. The minimum absolute atomic E-state index is 0. The van der Waals surface area contributed by atoms with E-state index in [0.29, 0.717) is 6.42 Å². The average molecular weight is 521 g/mol. The third kappa shape index (κ3) is 8.13. The highest BCUT2D eigenvalue weighted by molar-refractivity contribution is 14.0. The highest BCUT2D eigenvalue weighted by atomic mass is 127. The van der Waals surface area contributed by atoms with Crippen molar-refractivity contribution in [3.63, 3.8) is 0 Å². The second kappa shape index (κ2) is 12.2. The molecule has 0 atom stereocenters. The lowest BCUT2D eigenvalue weighted by atomic mass is 10.1. The topological polar surface area (TPSA) is 49.3 Å². The van der Waals surface area contributed by atoms with Gasteiger partial charge < -0.3 is 10.6 Å². The Morgan fingerprint density at radius 1 is 1.16 bits per heavy atom. The first-order valence-corrected chi connectivity index (χ1v) is 8.76. The van der Waals surface area contributed by atoms with Gasteiger partial charge in [0.15, 0.2) is 5.96 Å².